The molecule has 2 aromatic heterocycles. The predicted octanol–water partition coefficient (Wildman–Crippen LogP) is 5.00. The summed E-state index contributed by atoms with van der Waals surface area (Å²) in [6, 6.07) is 10.6. The van der Waals surface area contributed by atoms with Crippen molar-refractivity contribution in [2.75, 3.05) is 25.3 Å². The molecule has 0 fully saturated rings. The van der Waals surface area contributed by atoms with Crippen molar-refractivity contribution in [3.05, 3.63) is 59.0 Å². The molecular formula is C25H23ClN4O5. The molecule has 0 bridgehead atoms. The lowest BCUT2D eigenvalue weighted by Gasteiger charge is -2.12. The first-order valence-electron chi connectivity index (χ1n) is 11.1. The fourth-order valence-corrected chi connectivity index (χ4v) is 4.53. The zero-order valence-electron chi connectivity index (χ0n) is 19.2. The Hall–Kier alpha value is -3.98. The van der Waals surface area contributed by atoms with Gasteiger partial charge in [0.1, 0.15) is 23.5 Å². The SMILES string of the molecule is CCOc1cc(-c2cc(NCCn3c(C)cc4c5c(cc(Cl)c43)OCO5)ncn2)ccc1C(=O)O. The number of hydrogen-bond donors (Lipinski definition) is 2. The first-order valence-corrected chi connectivity index (χ1v) is 11.5. The molecule has 180 valence electrons. The lowest BCUT2D eigenvalue weighted by molar-refractivity contribution is 0.0692. The van der Waals surface area contributed by atoms with Gasteiger partial charge in [-0.25, -0.2) is 14.8 Å². The van der Waals surface area contributed by atoms with E-state index in [1.165, 1.54) is 12.4 Å². The molecule has 5 rings (SSSR count). The number of ether oxygens (including phenoxy) is 3. The van der Waals surface area contributed by atoms with Crippen molar-refractivity contribution >= 4 is 34.3 Å². The van der Waals surface area contributed by atoms with Crippen LogP contribution >= 0.6 is 11.6 Å². The number of nitrogens with one attached hydrogen (secondary N) is 1. The molecule has 1 aliphatic rings. The Balaban J connectivity index is 1.35. The highest BCUT2D eigenvalue weighted by Gasteiger charge is 2.22. The minimum atomic E-state index is -1.04. The fraction of sp³-hybridized carbons (Fsp3) is 0.240. The Bertz CT molecular complexity index is 1440. The van der Waals surface area contributed by atoms with Crippen molar-refractivity contribution in [3.63, 3.8) is 0 Å². The summed E-state index contributed by atoms with van der Waals surface area (Å²) in [5, 5.41) is 14.3. The van der Waals surface area contributed by atoms with Crippen LogP contribution in [0.4, 0.5) is 5.82 Å². The van der Waals surface area contributed by atoms with Crippen LogP contribution in [-0.4, -0.2) is 45.6 Å². The van der Waals surface area contributed by atoms with Gasteiger partial charge in [-0.05, 0) is 32.0 Å². The van der Waals surface area contributed by atoms with Crippen molar-refractivity contribution < 1.29 is 24.1 Å². The minimum absolute atomic E-state index is 0.110. The molecule has 0 amide bonds. The summed E-state index contributed by atoms with van der Waals surface area (Å²) in [5.74, 6) is 1.30. The number of carboxylic acids is 1. The lowest BCUT2D eigenvalue weighted by atomic mass is 10.1. The molecule has 2 N–H and O–H groups in total. The number of aromatic nitrogens is 3. The average Bonchev–Trinajstić information content (AvgIpc) is 3.44. The Kier molecular flexibility index (Phi) is 6.08. The lowest BCUT2D eigenvalue weighted by Crippen LogP contribution is -2.12. The number of aryl methyl sites for hydroxylation is 1. The second-order valence-corrected chi connectivity index (χ2v) is 8.36. The first-order chi connectivity index (χ1) is 17.0. The summed E-state index contributed by atoms with van der Waals surface area (Å²) in [4.78, 5) is 20.1. The number of carboxylic acid groups (broad SMARTS) is 1. The molecule has 9 nitrogen and oxygen atoms in total. The zero-order valence-corrected chi connectivity index (χ0v) is 19.9. The molecule has 0 radical (unpaired) electrons. The molecule has 4 aromatic rings. The second kappa shape index (κ2) is 9.34. The van der Waals surface area contributed by atoms with E-state index in [0.717, 1.165) is 27.9 Å². The van der Waals surface area contributed by atoms with E-state index in [4.69, 9.17) is 25.8 Å². The highest BCUT2D eigenvalue weighted by molar-refractivity contribution is 6.35. The maximum atomic E-state index is 11.5. The zero-order chi connectivity index (χ0) is 24.5. The summed E-state index contributed by atoms with van der Waals surface area (Å²) in [7, 11) is 0. The topological polar surface area (TPSA) is 108 Å². The second-order valence-electron chi connectivity index (χ2n) is 7.96. The molecule has 3 heterocycles. The van der Waals surface area contributed by atoms with Gasteiger partial charge in [-0.1, -0.05) is 17.7 Å². The first kappa shape index (κ1) is 22.8. The van der Waals surface area contributed by atoms with Crippen LogP contribution in [0.5, 0.6) is 17.2 Å². The van der Waals surface area contributed by atoms with E-state index < -0.39 is 5.97 Å². The van der Waals surface area contributed by atoms with Crippen molar-refractivity contribution in [3.8, 4) is 28.5 Å². The molecule has 0 spiro atoms. The standard InChI is InChI=1S/C25H23ClN4O5/c1-3-33-20-9-15(4-5-16(20)25(31)32)19-11-22(29-12-28-19)27-6-7-30-14(2)8-17-23(30)18(26)10-21-24(17)35-13-34-21/h4-5,8-12H,3,6-7,13H2,1-2H3,(H,31,32)(H,27,28,29). The molecule has 0 saturated carbocycles. The summed E-state index contributed by atoms with van der Waals surface area (Å²) < 4.78 is 18.8. The third-order valence-corrected chi connectivity index (χ3v) is 6.08. The van der Waals surface area contributed by atoms with Gasteiger partial charge < -0.3 is 29.2 Å². The van der Waals surface area contributed by atoms with Gasteiger partial charge >= 0.3 is 5.97 Å². The fourth-order valence-electron chi connectivity index (χ4n) is 4.23. The molecule has 10 heteroatoms. The Morgan fingerprint density at radius 2 is 2.09 bits per heavy atom. The van der Waals surface area contributed by atoms with Crippen LogP contribution in [-0.2, 0) is 6.54 Å². The van der Waals surface area contributed by atoms with Crippen molar-refractivity contribution in [2.45, 2.75) is 20.4 Å². The highest BCUT2D eigenvalue weighted by atomic mass is 35.5. The number of hydrogen-bond acceptors (Lipinski definition) is 7. The number of nitrogens with zero attached hydrogens (tertiary/aromatic N) is 3. The normalized spacial score (nSPS) is 12.2. The number of aromatic carboxylic acids is 1. The Labute approximate surface area is 206 Å². The molecule has 0 atom stereocenters. The van der Waals surface area contributed by atoms with Gasteiger partial charge in [-0.2, -0.15) is 0 Å². The number of benzene rings is 2. The summed E-state index contributed by atoms with van der Waals surface area (Å²) in [6.07, 6.45) is 1.47. The molecule has 0 saturated heterocycles. The summed E-state index contributed by atoms with van der Waals surface area (Å²) in [5.41, 5.74) is 3.45. The van der Waals surface area contributed by atoms with Crippen molar-refractivity contribution in [1.82, 2.24) is 14.5 Å². The van der Waals surface area contributed by atoms with E-state index in [-0.39, 0.29) is 12.4 Å². The molecule has 2 aromatic carbocycles. The number of rotatable bonds is 8. The van der Waals surface area contributed by atoms with Gasteiger partial charge in [0.25, 0.3) is 0 Å². The van der Waals surface area contributed by atoms with E-state index in [1.807, 2.05) is 26.0 Å². The van der Waals surface area contributed by atoms with Gasteiger partial charge in [-0.15, -0.1) is 0 Å². The minimum Gasteiger partial charge on any atom is -0.493 e. The molecule has 0 aliphatic carbocycles. The Morgan fingerprint density at radius 3 is 2.89 bits per heavy atom. The van der Waals surface area contributed by atoms with Crippen LogP contribution in [0.1, 0.15) is 23.0 Å². The van der Waals surface area contributed by atoms with Gasteiger partial charge in [-0.3, -0.25) is 0 Å². The van der Waals surface area contributed by atoms with Crippen LogP contribution in [0, 0.1) is 6.92 Å². The number of fused-ring (bicyclic) bond motifs is 3. The van der Waals surface area contributed by atoms with E-state index in [2.05, 4.69) is 19.9 Å². The summed E-state index contributed by atoms with van der Waals surface area (Å²) >= 11 is 6.57. The number of anilines is 1. The number of carbonyl (C=O) groups is 1. The van der Waals surface area contributed by atoms with E-state index >= 15 is 0 Å². The maximum Gasteiger partial charge on any atom is 0.339 e. The highest BCUT2D eigenvalue weighted by Crippen LogP contribution is 2.44. The third kappa shape index (κ3) is 4.30. The van der Waals surface area contributed by atoms with Gasteiger partial charge in [0.15, 0.2) is 11.5 Å². The molecule has 35 heavy (non-hydrogen) atoms. The summed E-state index contributed by atoms with van der Waals surface area (Å²) in [6.45, 7) is 5.63. The third-order valence-electron chi connectivity index (χ3n) is 5.79. The molecular weight excluding hydrogens is 472 g/mol. The largest absolute Gasteiger partial charge is 0.493 e. The maximum absolute atomic E-state index is 11.5. The van der Waals surface area contributed by atoms with Crippen LogP contribution in [0.3, 0.4) is 0 Å². The van der Waals surface area contributed by atoms with Crippen molar-refractivity contribution in [1.29, 1.82) is 0 Å². The van der Waals surface area contributed by atoms with E-state index in [1.54, 1.807) is 18.2 Å². The van der Waals surface area contributed by atoms with Crippen molar-refractivity contribution in [2.24, 2.45) is 0 Å². The smallest absolute Gasteiger partial charge is 0.339 e. The number of halogens is 1. The van der Waals surface area contributed by atoms with Gasteiger partial charge in [0, 0.05) is 41.9 Å². The van der Waals surface area contributed by atoms with Crippen LogP contribution in [0.2, 0.25) is 5.02 Å². The Morgan fingerprint density at radius 1 is 1.23 bits per heavy atom. The predicted molar refractivity (Wildman–Crippen MR) is 132 cm³/mol. The monoisotopic (exact) mass is 494 g/mol. The van der Waals surface area contributed by atoms with Gasteiger partial charge in [0.2, 0.25) is 6.79 Å². The van der Waals surface area contributed by atoms with E-state index in [9.17, 15) is 9.90 Å². The molecule has 1 aliphatic heterocycles. The average molecular weight is 495 g/mol. The van der Waals surface area contributed by atoms with E-state index in [0.29, 0.717) is 47.7 Å². The van der Waals surface area contributed by atoms with Gasteiger partial charge in [0.05, 0.1) is 22.8 Å². The van der Waals surface area contributed by atoms with Crippen LogP contribution in [0.15, 0.2) is 42.7 Å². The van der Waals surface area contributed by atoms with Crippen LogP contribution in [0.25, 0.3) is 22.2 Å². The quantitative estimate of drug-likeness (QED) is 0.352. The molecule has 0 unspecified atom stereocenters. The van der Waals surface area contributed by atoms with Crippen LogP contribution < -0.4 is 19.5 Å².